The normalized spacial score (nSPS) is 11.2. The Morgan fingerprint density at radius 1 is 1.56 bits per heavy atom. The minimum Gasteiger partial charge on any atom is -0.506 e. The molecular formula is C13H13ClN2O2. The Hall–Kier alpha value is -1.99. The second-order valence-corrected chi connectivity index (χ2v) is 4.42. The van der Waals surface area contributed by atoms with E-state index in [4.69, 9.17) is 16.9 Å². The number of phenols is 1. The molecule has 0 spiro atoms. The minimum atomic E-state index is -0.434. The Balaban J connectivity index is 3.01. The molecule has 4 nitrogen and oxygen atoms in total. The molecule has 0 aromatic heterocycles. The van der Waals surface area contributed by atoms with Gasteiger partial charge in [-0.2, -0.15) is 5.26 Å². The number of benzene rings is 1. The Kier molecular flexibility index (Phi) is 4.75. The maximum atomic E-state index is 11.7. The fourth-order valence-corrected chi connectivity index (χ4v) is 1.46. The number of carbonyl (C=O) groups excluding carboxylic acids is 1. The zero-order chi connectivity index (χ0) is 13.7. The highest BCUT2D eigenvalue weighted by Crippen LogP contribution is 2.24. The smallest absolute Gasteiger partial charge is 0.262 e. The van der Waals surface area contributed by atoms with Crippen LogP contribution < -0.4 is 5.32 Å². The predicted octanol–water partition coefficient (Wildman–Crippen LogP) is 2.48. The zero-order valence-electron chi connectivity index (χ0n) is 10.1. The maximum absolute atomic E-state index is 11.7. The third kappa shape index (κ3) is 3.79. The number of halogens is 1. The van der Waals surface area contributed by atoms with Crippen LogP contribution in [0.4, 0.5) is 0 Å². The first-order valence-corrected chi connectivity index (χ1v) is 5.73. The fourth-order valence-electron chi connectivity index (χ4n) is 1.27. The topological polar surface area (TPSA) is 73.1 Å². The summed E-state index contributed by atoms with van der Waals surface area (Å²) in [5.74, 6) is -0.476. The first-order chi connectivity index (χ1) is 8.43. The van der Waals surface area contributed by atoms with E-state index in [0.29, 0.717) is 5.56 Å². The van der Waals surface area contributed by atoms with Crippen molar-refractivity contribution in [2.45, 2.75) is 19.9 Å². The summed E-state index contributed by atoms with van der Waals surface area (Å²) >= 11 is 5.74. The highest BCUT2D eigenvalue weighted by molar-refractivity contribution is 6.32. The average molecular weight is 265 g/mol. The van der Waals surface area contributed by atoms with E-state index >= 15 is 0 Å². The molecule has 18 heavy (non-hydrogen) atoms. The SMILES string of the molecule is CC(C)NC(=O)/C(C#N)=C\c1ccc(O)c(Cl)c1. The largest absolute Gasteiger partial charge is 0.506 e. The highest BCUT2D eigenvalue weighted by Gasteiger charge is 2.10. The van der Waals surface area contributed by atoms with Gasteiger partial charge in [0.25, 0.3) is 5.91 Å². The van der Waals surface area contributed by atoms with Crippen LogP contribution in [0, 0.1) is 11.3 Å². The lowest BCUT2D eigenvalue weighted by atomic mass is 10.1. The van der Waals surface area contributed by atoms with Crippen LogP contribution in [-0.2, 0) is 4.79 Å². The molecule has 1 aromatic carbocycles. The molecule has 0 atom stereocenters. The third-order valence-electron chi connectivity index (χ3n) is 2.07. The predicted molar refractivity (Wildman–Crippen MR) is 70.0 cm³/mol. The van der Waals surface area contributed by atoms with Gasteiger partial charge in [0.05, 0.1) is 5.02 Å². The molecule has 0 unspecified atom stereocenters. The molecule has 0 bridgehead atoms. The molecule has 1 rings (SSSR count). The number of nitrogens with zero attached hydrogens (tertiary/aromatic N) is 1. The summed E-state index contributed by atoms with van der Waals surface area (Å²) in [4.78, 5) is 11.7. The van der Waals surface area contributed by atoms with E-state index in [1.165, 1.54) is 18.2 Å². The van der Waals surface area contributed by atoms with Crippen molar-refractivity contribution in [3.8, 4) is 11.8 Å². The Morgan fingerprint density at radius 2 is 2.22 bits per heavy atom. The summed E-state index contributed by atoms with van der Waals surface area (Å²) in [6.45, 7) is 3.62. The van der Waals surface area contributed by atoms with Gasteiger partial charge in [-0.05, 0) is 37.6 Å². The second kappa shape index (κ2) is 6.08. The number of nitrogens with one attached hydrogen (secondary N) is 1. The number of hydrogen-bond acceptors (Lipinski definition) is 3. The molecule has 1 aromatic rings. The van der Waals surface area contributed by atoms with E-state index in [0.717, 1.165) is 0 Å². The Labute approximate surface area is 110 Å². The van der Waals surface area contributed by atoms with Crippen molar-refractivity contribution in [3.05, 3.63) is 34.4 Å². The van der Waals surface area contributed by atoms with Crippen LogP contribution in [0.25, 0.3) is 6.08 Å². The van der Waals surface area contributed by atoms with Crippen molar-refractivity contribution >= 4 is 23.6 Å². The van der Waals surface area contributed by atoms with Crippen molar-refractivity contribution in [2.75, 3.05) is 0 Å². The number of aromatic hydroxyl groups is 1. The molecule has 5 heteroatoms. The quantitative estimate of drug-likeness (QED) is 0.651. The van der Waals surface area contributed by atoms with Crippen LogP contribution >= 0.6 is 11.6 Å². The number of nitriles is 1. The molecule has 0 aliphatic carbocycles. The molecule has 0 saturated heterocycles. The van der Waals surface area contributed by atoms with Crippen LogP contribution in [0.15, 0.2) is 23.8 Å². The number of amides is 1. The van der Waals surface area contributed by atoms with Crippen LogP contribution in [-0.4, -0.2) is 17.1 Å². The minimum absolute atomic E-state index is 0.00884. The number of carbonyl (C=O) groups is 1. The molecule has 0 saturated carbocycles. The van der Waals surface area contributed by atoms with Crippen molar-refractivity contribution in [2.24, 2.45) is 0 Å². The summed E-state index contributed by atoms with van der Waals surface area (Å²) in [5, 5.41) is 21.0. The van der Waals surface area contributed by atoms with Crippen LogP contribution in [0.1, 0.15) is 19.4 Å². The molecule has 94 valence electrons. The molecule has 1 amide bonds. The molecule has 0 aliphatic heterocycles. The van der Waals surface area contributed by atoms with Gasteiger partial charge >= 0.3 is 0 Å². The van der Waals surface area contributed by atoms with Gasteiger partial charge in [0.1, 0.15) is 17.4 Å². The summed E-state index contributed by atoms with van der Waals surface area (Å²) in [6.07, 6.45) is 1.42. The van der Waals surface area contributed by atoms with Gasteiger partial charge in [0.2, 0.25) is 0 Å². The van der Waals surface area contributed by atoms with E-state index in [1.54, 1.807) is 6.07 Å². The van der Waals surface area contributed by atoms with Gasteiger partial charge in [0.15, 0.2) is 0 Å². The summed E-state index contributed by atoms with van der Waals surface area (Å²) in [5.41, 5.74) is 0.568. The van der Waals surface area contributed by atoms with Crippen molar-refractivity contribution in [1.29, 1.82) is 5.26 Å². The first kappa shape index (κ1) is 14.1. The van der Waals surface area contributed by atoms with Gasteiger partial charge in [0, 0.05) is 6.04 Å². The van der Waals surface area contributed by atoms with Crippen LogP contribution in [0.5, 0.6) is 5.75 Å². The molecule has 2 N–H and O–H groups in total. The maximum Gasteiger partial charge on any atom is 0.262 e. The lowest BCUT2D eigenvalue weighted by molar-refractivity contribution is -0.117. The third-order valence-corrected chi connectivity index (χ3v) is 2.37. The average Bonchev–Trinajstić information content (AvgIpc) is 2.29. The second-order valence-electron chi connectivity index (χ2n) is 4.01. The Bertz CT molecular complexity index is 530. The van der Waals surface area contributed by atoms with Crippen LogP contribution in [0.3, 0.4) is 0 Å². The molecule has 0 radical (unpaired) electrons. The zero-order valence-corrected chi connectivity index (χ0v) is 10.8. The monoisotopic (exact) mass is 264 g/mol. The van der Waals surface area contributed by atoms with Gasteiger partial charge in [-0.25, -0.2) is 0 Å². The lowest BCUT2D eigenvalue weighted by Crippen LogP contribution is -2.30. The number of hydrogen-bond donors (Lipinski definition) is 2. The van der Waals surface area contributed by atoms with E-state index < -0.39 is 5.91 Å². The van der Waals surface area contributed by atoms with Gasteiger partial charge in [-0.1, -0.05) is 17.7 Å². The van der Waals surface area contributed by atoms with Gasteiger partial charge in [-0.3, -0.25) is 4.79 Å². The molecule has 0 heterocycles. The summed E-state index contributed by atoms with van der Waals surface area (Å²) < 4.78 is 0. The van der Waals surface area contributed by atoms with Crippen LogP contribution in [0.2, 0.25) is 5.02 Å². The van der Waals surface area contributed by atoms with Gasteiger partial charge < -0.3 is 10.4 Å². The fraction of sp³-hybridized carbons (Fsp3) is 0.231. The first-order valence-electron chi connectivity index (χ1n) is 5.35. The molecule has 0 fully saturated rings. The molecular weight excluding hydrogens is 252 g/mol. The summed E-state index contributed by atoms with van der Waals surface area (Å²) in [7, 11) is 0. The van der Waals surface area contributed by atoms with E-state index in [-0.39, 0.29) is 22.4 Å². The lowest BCUT2D eigenvalue weighted by Gasteiger charge is -2.07. The van der Waals surface area contributed by atoms with Crippen molar-refractivity contribution < 1.29 is 9.90 Å². The number of phenolic OH excluding ortho intramolecular Hbond substituents is 1. The Morgan fingerprint density at radius 3 is 2.72 bits per heavy atom. The van der Waals surface area contributed by atoms with Crippen molar-refractivity contribution in [3.63, 3.8) is 0 Å². The number of rotatable bonds is 3. The van der Waals surface area contributed by atoms with Gasteiger partial charge in [-0.15, -0.1) is 0 Å². The van der Waals surface area contributed by atoms with E-state index in [1.807, 2.05) is 19.9 Å². The van der Waals surface area contributed by atoms with Crippen molar-refractivity contribution in [1.82, 2.24) is 5.32 Å². The van der Waals surface area contributed by atoms with E-state index in [2.05, 4.69) is 5.32 Å². The standard InChI is InChI=1S/C13H13ClN2O2/c1-8(2)16-13(18)10(7-15)5-9-3-4-12(17)11(14)6-9/h3-6,8,17H,1-2H3,(H,16,18)/b10-5-. The summed E-state index contributed by atoms with van der Waals surface area (Å²) in [6, 6.07) is 6.25. The highest BCUT2D eigenvalue weighted by atomic mass is 35.5. The van der Waals surface area contributed by atoms with E-state index in [9.17, 15) is 9.90 Å². The molecule has 0 aliphatic rings.